The van der Waals surface area contributed by atoms with Crippen molar-refractivity contribution in [1.82, 2.24) is 10.6 Å². The molecule has 0 aliphatic carbocycles. The van der Waals surface area contributed by atoms with Crippen LogP contribution in [0.3, 0.4) is 0 Å². The molecule has 0 saturated heterocycles. The summed E-state index contributed by atoms with van der Waals surface area (Å²) < 4.78 is 8.52. The van der Waals surface area contributed by atoms with E-state index in [1.54, 1.807) is 66.7 Å². The minimum Gasteiger partial charge on any atom is -0.497 e. The molecule has 3 aromatic rings. The van der Waals surface area contributed by atoms with E-state index in [4.69, 9.17) is 56.5 Å². The Bertz CT molecular complexity index is 1450. The molecular weight excluding hydrogens is 599 g/mol. The summed E-state index contributed by atoms with van der Waals surface area (Å²) >= 11 is 23.9. The molecular formula is C27H23Cl3N4O5S. The number of hydrogen-bond acceptors (Lipinski definition) is 6. The summed E-state index contributed by atoms with van der Waals surface area (Å²) in [5.41, 5.74) is 1.80. The number of para-hydroxylation sites is 2. The van der Waals surface area contributed by atoms with Crippen LogP contribution in [-0.4, -0.2) is 47.0 Å². The molecule has 1 aliphatic rings. The van der Waals surface area contributed by atoms with Crippen molar-refractivity contribution in [3.63, 3.8) is 0 Å². The maximum atomic E-state index is 13.0. The van der Waals surface area contributed by atoms with E-state index in [2.05, 4.69) is 16.0 Å². The average Bonchev–Trinajstić information content (AvgIpc) is 3.18. The standard InChI is InChI=1S/C27H23Cl3N4O5S/c1-38-16-12-11-15(21(14-16)39-2)13-22(35)32-25(27(28,29)30)33-26(40)31-19-9-5-6-10-20(19)34-23(36)17-7-3-4-8-18(17)24(34)37/h3-12,14,25H,13H2,1-2H3,(H,32,35)(H2,31,33,40). The largest absolute Gasteiger partial charge is 0.497 e. The molecule has 13 heteroatoms. The fourth-order valence-electron chi connectivity index (χ4n) is 4.05. The van der Waals surface area contributed by atoms with Gasteiger partial charge in [0.1, 0.15) is 17.7 Å². The predicted molar refractivity (Wildman–Crippen MR) is 159 cm³/mol. The van der Waals surface area contributed by atoms with E-state index in [0.717, 1.165) is 4.90 Å². The summed E-state index contributed by atoms with van der Waals surface area (Å²) in [6.45, 7) is 0. The second-order valence-corrected chi connectivity index (χ2v) is 11.3. The Balaban J connectivity index is 1.48. The van der Waals surface area contributed by atoms with Crippen molar-refractivity contribution in [2.75, 3.05) is 24.4 Å². The Kier molecular flexibility index (Phi) is 9.05. The molecule has 40 heavy (non-hydrogen) atoms. The number of ether oxygens (including phenoxy) is 2. The molecule has 1 heterocycles. The van der Waals surface area contributed by atoms with Crippen LogP contribution in [0.25, 0.3) is 0 Å². The van der Waals surface area contributed by atoms with E-state index in [9.17, 15) is 14.4 Å². The van der Waals surface area contributed by atoms with E-state index in [0.29, 0.717) is 33.9 Å². The van der Waals surface area contributed by atoms with Gasteiger partial charge in [-0.25, -0.2) is 4.90 Å². The lowest BCUT2D eigenvalue weighted by atomic mass is 10.1. The van der Waals surface area contributed by atoms with Crippen LogP contribution in [-0.2, 0) is 11.2 Å². The van der Waals surface area contributed by atoms with Gasteiger partial charge in [-0.1, -0.05) is 65.1 Å². The van der Waals surface area contributed by atoms with Crippen molar-refractivity contribution >= 4 is 81.2 Å². The monoisotopic (exact) mass is 620 g/mol. The lowest BCUT2D eigenvalue weighted by Gasteiger charge is -2.28. The number of nitrogens with zero attached hydrogens (tertiary/aromatic N) is 1. The Morgan fingerprint density at radius 2 is 1.55 bits per heavy atom. The molecule has 0 saturated carbocycles. The predicted octanol–water partition coefficient (Wildman–Crippen LogP) is 4.85. The van der Waals surface area contributed by atoms with Crippen molar-refractivity contribution in [3.8, 4) is 11.5 Å². The van der Waals surface area contributed by atoms with Crippen LogP contribution < -0.4 is 30.3 Å². The van der Waals surface area contributed by atoms with Gasteiger partial charge in [-0.05, 0) is 42.5 Å². The Morgan fingerprint density at radius 3 is 2.15 bits per heavy atom. The van der Waals surface area contributed by atoms with Crippen LogP contribution in [0.1, 0.15) is 26.3 Å². The number of carbonyl (C=O) groups is 3. The molecule has 0 spiro atoms. The van der Waals surface area contributed by atoms with Crippen LogP contribution in [0.5, 0.6) is 11.5 Å². The highest BCUT2D eigenvalue weighted by Gasteiger charge is 2.38. The third-order valence-electron chi connectivity index (χ3n) is 5.94. The first kappa shape index (κ1) is 29.4. The van der Waals surface area contributed by atoms with E-state index in [1.165, 1.54) is 14.2 Å². The second kappa shape index (κ2) is 12.3. The highest BCUT2D eigenvalue weighted by Crippen LogP contribution is 2.34. The number of nitrogens with one attached hydrogen (secondary N) is 3. The molecule has 1 unspecified atom stereocenters. The number of imide groups is 1. The quantitative estimate of drug-likeness (QED) is 0.142. The first-order valence-corrected chi connectivity index (χ1v) is 13.3. The summed E-state index contributed by atoms with van der Waals surface area (Å²) in [7, 11) is 3.00. The minimum absolute atomic E-state index is 0.0392. The van der Waals surface area contributed by atoms with Gasteiger partial charge >= 0.3 is 0 Å². The SMILES string of the molecule is COc1ccc(CC(=O)NC(NC(=S)Nc2ccccc2N2C(=O)c3ccccc3C2=O)C(Cl)(Cl)Cl)c(OC)c1. The molecule has 1 aliphatic heterocycles. The summed E-state index contributed by atoms with van der Waals surface area (Å²) in [5.74, 6) is -0.389. The first-order chi connectivity index (χ1) is 19.0. The summed E-state index contributed by atoms with van der Waals surface area (Å²) in [6.07, 6.45) is -1.34. The number of anilines is 2. The Morgan fingerprint density at radius 1 is 0.925 bits per heavy atom. The van der Waals surface area contributed by atoms with Gasteiger partial charge < -0.3 is 25.4 Å². The number of rotatable bonds is 8. The molecule has 0 radical (unpaired) electrons. The van der Waals surface area contributed by atoms with Gasteiger partial charge in [0.25, 0.3) is 11.8 Å². The number of thiocarbonyl (C=S) groups is 1. The van der Waals surface area contributed by atoms with E-state index in [1.807, 2.05) is 0 Å². The molecule has 0 aromatic heterocycles. The van der Waals surface area contributed by atoms with E-state index in [-0.39, 0.29) is 17.2 Å². The highest BCUT2D eigenvalue weighted by atomic mass is 35.6. The molecule has 9 nitrogen and oxygen atoms in total. The van der Waals surface area contributed by atoms with Gasteiger partial charge in [0, 0.05) is 11.6 Å². The van der Waals surface area contributed by atoms with Crippen LogP contribution in [0, 0.1) is 0 Å². The lowest BCUT2D eigenvalue weighted by Crippen LogP contribution is -2.56. The third kappa shape index (κ3) is 6.42. The molecule has 4 rings (SSSR count). The zero-order valence-electron chi connectivity index (χ0n) is 21.2. The van der Waals surface area contributed by atoms with Gasteiger partial charge in [0.2, 0.25) is 9.70 Å². The maximum absolute atomic E-state index is 13.0. The molecule has 0 fully saturated rings. The third-order valence-corrected chi connectivity index (χ3v) is 6.82. The number of alkyl halides is 3. The number of hydrogen-bond donors (Lipinski definition) is 3. The number of fused-ring (bicyclic) bond motifs is 1. The number of halogens is 3. The van der Waals surface area contributed by atoms with Crippen LogP contribution in [0.4, 0.5) is 11.4 Å². The minimum atomic E-state index is -2.01. The van der Waals surface area contributed by atoms with Crippen molar-refractivity contribution in [2.45, 2.75) is 16.4 Å². The fourth-order valence-corrected chi connectivity index (χ4v) is 4.61. The Hall–Kier alpha value is -3.57. The number of amides is 3. The molecule has 3 amide bonds. The maximum Gasteiger partial charge on any atom is 0.266 e. The van der Waals surface area contributed by atoms with Gasteiger partial charge in [-0.2, -0.15) is 0 Å². The van der Waals surface area contributed by atoms with Crippen LogP contribution in [0.2, 0.25) is 0 Å². The first-order valence-electron chi connectivity index (χ1n) is 11.7. The van der Waals surface area contributed by atoms with Crippen LogP contribution >= 0.6 is 47.0 Å². The average molecular weight is 622 g/mol. The fraction of sp³-hybridized carbons (Fsp3) is 0.185. The zero-order valence-corrected chi connectivity index (χ0v) is 24.3. The van der Waals surface area contributed by atoms with Crippen molar-refractivity contribution in [3.05, 3.63) is 83.4 Å². The molecule has 3 aromatic carbocycles. The van der Waals surface area contributed by atoms with Gasteiger partial charge in [-0.15, -0.1) is 0 Å². The second-order valence-electron chi connectivity index (χ2n) is 8.50. The normalized spacial score (nSPS) is 13.4. The van der Waals surface area contributed by atoms with Crippen molar-refractivity contribution < 1.29 is 23.9 Å². The van der Waals surface area contributed by atoms with Gasteiger partial charge in [0.15, 0.2) is 5.11 Å². The molecule has 3 N–H and O–H groups in total. The topological polar surface area (TPSA) is 109 Å². The van der Waals surface area contributed by atoms with E-state index >= 15 is 0 Å². The Labute approximate surface area is 250 Å². The summed E-state index contributed by atoms with van der Waals surface area (Å²) in [5, 5.41) is 8.28. The molecule has 1 atom stereocenters. The number of carbonyl (C=O) groups excluding carboxylic acids is 3. The summed E-state index contributed by atoms with van der Waals surface area (Å²) in [6, 6.07) is 18.2. The number of benzene rings is 3. The number of methoxy groups -OCH3 is 2. The smallest absolute Gasteiger partial charge is 0.266 e. The summed E-state index contributed by atoms with van der Waals surface area (Å²) in [4.78, 5) is 40.0. The van der Waals surface area contributed by atoms with Crippen molar-refractivity contribution in [2.24, 2.45) is 0 Å². The molecule has 208 valence electrons. The van der Waals surface area contributed by atoms with Gasteiger partial charge in [0.05, 0.1) is 43.1 Å². The lowest BCUT2D eigenvalue weighted by molar-refractivity contribution is -0.121. The van der Waals surface area contributed by atoms with Crippen molar-refractivity contribution in [1.29, 1.82) is 0 Å². The van der Waals surface area contributed by atoms with Crippen LogP contribution in [0.15, 0.2) is 66.7 Å². The van der Waals surface area contributed by atoms with E-state index < -0.39 is 27.7 Å². The highest BCUT2D eigenvalue weighted by molar-refractivity contribution is 7.80. The zero-order chi connectivity index (χ0) is 29.0. The molecule has 0 bridgehead atoms. The van der Waals surface area contributed by atoms with Gasteiger partial charge in [-0.3, -0.25) is 14.4 Å².